The van der Waals surface area contributed by atoms with Crippen molar-refractivity contribution in [1.82, 2.24) is 0 Å². The van der Waals surface area contributed by atoms with Crippen LogP contribution in [0.4, 0.5) is 0 Å². The smallest absolute Gasteiger partial charge is 0.361 e. The molecule has 2 aliphatic rings. The summed E-state index contributed by atoms with van der Waals surface area (Å²) in [4.78, 5) is 13.4. The highest BCUT2D eigenvalue weighted by molar-refractivity contribution is 6.26. The van der Waals surface area contributed by atoms with Gasteiger partial charge in [0.1, 0.15) is 11.5 Å². The van der Waals surface area contributed by atoms with E-state index in [1.807, 2.05) is 48.5 Å². The summed E-state index contributed by atoms with van der Waals surface area (Å²) in [5, 5.41) is 16.8. The molecule has 0 radical (unpaired) electrons. The van der Waals surface area contributed by atoms with Gasteiger partial charge in [-0.15, -0.1) is 0 Å². The van der Waals surface area contributed by atoms with Crippen LogP contribution in [0.3, 0.4) is 0 Å². The summed E-state index contributed by atoms with van der Waals surface area (Å²) in [6, 6.07) is 26.0. The van der Waals surface area contributed by atoms with E-state index in [1.165, 1.54) is 11.1 Å². The maximum atomic E-state index is 13.4. The minimum atomic E-state index is -0.260. The standard InChI is InChI=1S/C40H34O4/c1-39(2,3)27-13-15-33-25(17-27)21-29-23(9-7-11-35(29)43-33)19-31-37(41)32(38(31)42)20-24-10-8-12-36-30(24)22-26-18-28(40(4,5)6)14-16-34(26)44-36/h7-22H,1-6H3. The molecule has 0 unspecified atom stereocenters. The van der Waals surface area contributed by atoms with E-state index in [1.54, 1.807) is 12.2 Å². The summed E-state index contributed by atoms with van der Waals surface area (Å²) in [5.41, 5.74) is 6.01. The zero-order valence-electron chi connectivity index (χ0n) is 25.9. The average molecular weight is 579 g/mol. The highest BCUT2D eigenvalue weighted by atomic mass is 16.5. The van der Waals surface area contributed by atoms with Crippen LogP contribution in [0, 0.1) is 0 Å². The number of Topliss-reactive ketones (excluding diaryl/α,β-unsaturated/α-hetero) is 1. The normalized spacial score (nSPS) is 16.1. The first-order valence-electron chi connectivity index (χ1n) is 15.0. The van der Waals surface area contributed by atoms with Crippen LogP contribution >= 0.6 is 0 Å². The molecule has 4 aromatic carbocycles. The highest BCUT2D eigenvalue weighted by Crippen LogP contribution is 2.35. The first kappa shape index (κ1) is 27.8. The number of allylic oxidation sites excluding steroid dienone is 2. The van der Waals surface area contributed by atoms with E-state index in [4.69, 9.17) is 9.15 Å². The minimum absolute atomic E-state index is 0.00121. The third-order valence-corrected chi connectivity index (χ3v) is 8.57. The molecule has 4 heteroatoms. The molecule has 0 saturated carbocycles. The van der Waals surface area contributed by atoms with Crippen molar-refractivity contribution in [2.24, 2.45) is 0 Å². The van der Waals surface area contributed by atoms with Crippen LogP contribution in [0.15, 0.2) is 100 Å². The van der Waals surface area contributed by atoms with Crippen molar-refractivity contribution in [3.8, 4) is 11.5 Å². The fourth-order valence-electron chi connectivity index (χ4n) is 5.86. The molecule has 7 rings (SSSR count). The fraction of sp³-hybridized carbons (Fsp3) is 0.200. The molecule has 4 nitrogen and oxygen atoms in total. The molecule has 44 heavy (non-hydrogen) atoms. The number of hydrogen-bond acceptors (Lipinski definition) is 3. The van der Waals surface area contributed by atoms with E-state index >= 15 is 0 Å². The van der Waals surface area contributed by atoms with Crippen LogP contribution in [-0.4, -0.2) is 5.78 Å². The number of carbonyl (C=O) groups is 1. The summed E-state index contributed by atoms with van der Waals surface area (Å²) >= 11 is 0. The molecule has 0 atom stereocenters. The van der Waals surface area contributed by atoms with Gasteiger partial charge in [0, 0.05) is 34.1 Å². The molecule has 0 saturated heterocycles. The van der Waals surface area contributed by atoms with Gasteiger partial charge in [0.2, 0.25) is 0 Å². The molecule has 0 N–H and O–H groups in total. The van der Waals surface area contributed by atoms with Crippen LogP contribution in [0.1, 0.15) is 63.8 Å². The summed E-state index contributed by atoms with van der Waals surface area (Å²) in [5.74, 6) is 0.973. The molecule has 5 aromatic rings. The molecular weight excluding hydrogens is 544 g/mol. The van der Waals surface area contributed by atoms with E-state index in [-0.39, 0.29) is 33.5 Å². The summed E-state index contributed by atoms with van der Waals surface area (Å²) < 4.78 is 12.4. The molecule has 218 valence electrons. The topological polar surface area (TPSA) is 60.7 Å². The number of benzene rings is 4. The average Bonchev–Trinajstić information content (AvgIpc) is 2.99. The minimum Gasteiger partial charge on any atom is -0.871 e. The second kappa shape index (κ2) is 9.78. The number of carbonyl (C=O) groups excluding carboxylic acids is 1. The van der Waals surface area contributed by atoms with Crippen molar-refractivity contribution >= 4 is 45.9 Å². The van der Waals surface area contributed by atoms with Crippen LogP contribution in [0.5, 0.6) is 11.5 Å². The van der Waals surface area contributed by atoms with Crippen LogP contribution in [0.2, 0.25) is 0 Å². The lowest BCUT2D eigenvalue weighted by Crippen LogP contribution is -2.33. The van der Waals surface area contributed by atoms with Crippen molar-refractivity contribution in [2.45, 2.75) is 52.4 Å². The Balaban J connectivity index is 1.30. The number of hydrogen-bond donors (Lipinski definition) is 0. The summed E-state index contributed by atoms with van der Waals surface area (Å²) in [6.45, 7) is 13.1. The van der Waals surface area contributed by atoms with Gasteiger partial charge in [-0.3, -0.25) is 4.79 Å². The summed E-state index contributed by atoms with van der Waals surface area (Å²) in [7, 11) is 0. The monoisotopic (exact) mass is 578 g/mol. The van der Waals surface area contributed by atoms with Gasteiger partial charge in [-0.25, -0.2) is 4.42 Å². The number of fused-ring (bicyclic) bond motifs is 4. The lowest BCUT2D eigenvalue weighted by Gasteiger charge is -2.28. The second-order valence-corrected chi connectivity index (χ2v) is 13.8. The Morgan fingerprint density at radius 1 is 0.750 bits per heavy atom. The third-order valence-electron chi connectivity index (χ3n) is 8.57. The largest absolute Gasteiger partial charge is 0.871 e. The maximum absolute atomic E-state index is 13.4. The molecule has 1 aliphatic carbocycles. The quantitative estimate of drug-likeness (QED) is 0.122. The number of ketones is 1. The zero-order chi connectivity index (χ0) is 31.0. The molecule has 0 fully saturated rings. The molecule has 2 heterocycles. The maximum Gasteiger partial charge on any atom is 0.361 e. The van der Waals surface area contributed by atoms with Gasteiger partial charge in [-0.05, 0) is 87.4 Å². The van der Waals surface area contributed by atoms with E-state index in [9.17, 15) is 9.90 Å². The Morgan fingerprint density at radius 2 is 1.48 bits per heavy atom. The van der Waals surface area contributed by atoms with Crippen molar-refractivity contribution < 1.29 is 19.1 Å². The Hall–Kier alpha value is -4.96. The molecule has 0 spiro atoms. The third kappa shape index (κ3) is 4.71. The fourth-order valence-corrected chi connectivity index (χ4v) is 5.86. The van der Waals surface area contributed by atoms with Crippen molar-refractivity contribution in [3.63, 3.8) is 0 Å². The van der Waals surface area contributed by atoms with Crippen LogP contribution in [0.25, 0.3) is 40.2 Å². The van der Waals surface area contributed by atoms with E-state index in [2.05, 4.69) is 78.0 Å². The number of ether oxygens (including phenoxy) is 1. The Morgan fingerprint density at radius 3 is 2.23 bits per heavy atom. The predicted molar refractivity (Wildman–Crippen MR) is 176 cm³/mol. The van der Waals surface area contributed by atoms with Crippen molar-refractivity contribution in [3.05, 3.63) is 128 Å². The van der Waals surface area contributed by atoms with Gasteiger partial charge in [-0.1, -0.05) is 77.6 Å². The molecule has 1 aliphatic heterocycles. The Bertz CT molecular complexity index is 2230. The Labute approximate surface area is 256 Å². The van der Waals surface area contributed by atoms with E-state index in [0.717, 1.165) is 43.7 Å². The van der Waals surface area contributed by atoms with Gasteiger partial charge < -0.3 is 9.84 Å². The van der Waals surface area contributed by atoms with Gasteiger partial charge in [-0.2, -0.15) is 0 Å². The SMILES string of the molecule is CC(C)(C)c1ccc2c(c1)C=c1c(ccc/c1=C\C1=C([O-])C(=C\c3cccc4[o+]c5ccc(C(C)(C)C)cc5cc34)/C1=O)O2. The molecule has 1 aromatic heterocycles. The van der Waals surface area contributed by atoms with Gasteiger partial charge in [0.25, 0.3) is 0 Å². The first-order chi connectivity index (χ1) is 20.9. The van der Waals surface area contributed by atoms with Crippen molar-refractivity contribution in [2.75, 3.05) is 0 Å². The van der Waals surface area contributed by atoms with Crippen LogP contribution < -0.4 is 20.3 Å². The Kier molecular flexibility index (Phi) is 6.19. The van der Waals surface area contributed by atoms with Gasteiger partial charge >= 0.3 is 11.2 Å². The molecule has 0 bridgehead atoms. The van der Waals surface area contributed by atoms with Crippen LogP contribution in [-0.2, 0) is 15.6 Å². The van der Waals surface area contributed by atoms with Gasteiger partial charge in [0.15, 0.2) is 5.78 Å². The highest BCUT2D eigenvalue weighted by Gasteiger charge is 2.27. The number of rotatable bonds is 2. The second-order valence-electron chi connectivity index (χ2n) is 13.8. The first-order valence-corrected chi connectivity index (χ1v) is 15.0. The van der Waals surface area contributed by atoms with Gasteiger partial charge in [0.05, 0.1) is 10.8 Å². The molecule has 0 amide bonds. The molecular formula is C40H34O4. The predicted octanol–water partition coefficient (Wildman–Crippen LogP) is 7.46. The van der Waals surface area contributed by atoms with E-state index in [0.29, 0.717) is 11.3 Å². The lowest BCUT2D eigenvalue weighted by molar-refractivity contribution is -0.300. The van der Waals surface area contributed by atoms with Crippen molar-refractivity contribution in [1.29, 1.82) is 0 Å². The zero-order valence-corrected chi connectivity index (χ0v) is 25.9. The van der Waals surface area contributed by atoms with E-state index < -0.39 is 0 Å². The lowest BCUT2D eigenvalue weighted by atomic mass is 9.85. The summed E-state index contributed by atoms with van der Waals surface area (Å²) in [6.07, 6.45) is 5.47.